The van der Waals surface area contributed by atoms with Gasteiger partial charge in [0.05, 0.1) is 10.3 Å². The highest BCUT2D eigenvalue weighted by molar-refractivity contribution is 7.85. The number of para-hydroxylation sites is 2. The molecule has 320 valence electrons. The van der Waals surface area contributed by atoms with Crippen molar-refractivity contribution in [1.82, 2.24) is 5.48 Å². The largest absolute Gasteiger partial charge is 0.748 e. The zero-order valence-corrected chi connectivity index (χ0v) is 36.3. The summed E-state index contributed by atoms with van der Waals surface area (Å²) < 4.78 is 69.0. The lowest BCUT2D eigenvalue weighted by molar-refractivity contribution is -0.438. The molecule has 0 fully saturated rings. The summed E-state index contributed by atoms with van der Waals surface area (Å²) in [7, 11) is -4.40. The fourth-order valence-electron chi connectivity index (χ4n) is 8.72. The quantitative estimate of drug-likeness (QED) is 0.0347. The van der Waals surface area contributed by atoms with Crippen molar-refractivity contribution in [3.63, 3.8) is 0 Å². The molecule has 2 unspecified atom stereocenters. The number of allylic oxidation sites excluding steroid dienone is 7. The molecule has 0 saturated carbocycles. The number of carboxylic acids is 1. The van der Waals surface area contributed by atoms with Crippen LogP contribution in [0.15, 0.2) is 125 Å². The summed E-state index contributed by atoms with van der Waals surface area (Å²) in [5, 5.41) is 9.57. The van der Waals surface area contributed by atoms with Crippen molar-refractivity contribution in [3.8, 4) is 5.75 Å². The Labute approximate surface area is 356 Å². The number of unbranched alkanes of at least 4 members (excludes halogenated alkanes) is 1. The van der Waals surface area contributed by atoms with E-state index in [-0.39, 0.29) is 23.3 Å². The van der Waals surface area contributed by atoms with E-state index >= 15 is 0 Å². The minimum Gasteiger partial charge on any atom is -0.748 e. The molecule has 6 rings (SSSR count). The molecule has 0 spiro atoms. The SMILES string of the molecule is CCCC[N+]1=C(/C=C/C2=C(Oc3ccc(S(=O)(=O)O)cc3)C(=C/C=C3/N(CCCNOS(=O)[O-])c4ccccc4C3(C)CCCC(=O)O)/CCC2)C(C)(C)c2ccccc21. The highest BCUT2D eigenvalue weighted by Gasteiger charge is 2.44. The second kappa shape index (κ2) is 19.3. The van der Waals surface area contributed by atoms with E-state index in [1.807, 2.05) is 18.2 Å². The van der Waals surface area contributed by atoms with E-state index < -0.39 is 32.9 Å². The van der Waals surface area contributed by atoms with Crippen LogP contribution in [0.2, 0.25) is 0 Å². The van der Waals surface area contributed by atoms with Gasteiger partial charge in [0.2, 0.25) is 5.69 Å². The van der Waals surface area contributed by atoms with E-state index in [0.29, 0.717) is 43.7 Å². The van der Waals surface area contributed by atoms with Crippen molar-refractivity contribution >= 4 is 44.5 Å². The molecule has 14 heteroatoms. The Morgan fingerprint density at radius 1 is 0.967 bits per heavy atom. The zero-order valence-electron chi connectivity index (χ0n) is 34.7. The van der Waals surface area contributed by atoms with E-state index in [9.17, 15) is 31.6 Å². The first-order valence-corrected chi connectivity index (χ1v) is 23.0. The number of aliphatic carboxylic acids is 1. The normalized spacial score (nSPS) is 20.7. The molecule has 0 bridgehead atoms. The Balaban J connectivity index is 1.46. The smallest absolute Gasteiger partial charge is 0.303 e. The van der Waals surface area contributed by atoms with Crippen molar-refractivity contribution in [3.05, 3.63) is 131 Å². The molecule has 1 aliphatic carbocycles. The number of nitrogens with one attached hydrogen (secondary N) is 1. The number of rotatable bonds is 19. The fourth-order valence-corrected chi connectivity index (χ4v) is 9.38. The molecule has 2 atom stereocenters. The monoisotopic (exact) mass is 857 g/mol. The van der Waals surface area contributed by atoms with Crippen LogP contribution in [0.1, 0.15) is 96.6 Å². The van der Waals surface area contributed by atoms with Crippen LogP contribution < -0.4 is 15.1 Å². The molecule has 0 saturated heterocycles. The van der Waals surface area contributed by atoms with Crippen LogP contribution in [-0.2, 0) is 41.4 Å². The van der Waals surface area contributed by atoms with E-state index in [2.05, 4.69) is 102 Å². The van der Waals surface area contributed by atoms with Crippen LogP contribution in [0.25, 0.3) is 0 Å². The van der Waals surface area contributed by atoms with E-state index in [0.717, 1.165) is 60.3 Å². The van der Waals surface area contributed by atoms with Crippen molar-refractivity contribution in [2.45, 2.75) is 101 Å². The molecule has 3 aromatic rings. The van der Waals surface area contributed by atoms with Gasteiger partial charge in [-0.15, -0.1) is 0 Å². The number of anilines is 1. The van der Waals surface area contributed by atoms with Gasteiger partial charge in [0.1, 0.15) is 29.4 Å². The summed E-state index contributed by atoms with van der Waals surface area (Å²) in [5.74, 6) is 0.216. The standard InChI is InChI=1S/C46H55N3O9S2/c1-5-6-31-48-39-18-9-7-16-37(39)45(2,3)41(48)27-21-33-14-11-15-34(44(33)57-35-23-25-36(26-24-35)60(54,55)56)22-28-42-46(4,29-12-20-43(50)51)38-17-8-10-19-40(38)49(42)32-13-30-47-58-59(52)53/h7-10,16-19,21-28,47H,5-6,11-15,20,29-32H2,1-4H3,(H2-,50,51,52,53,54,55,56). The summed E-state index contributed by atoms with van der Waals surface area (Å²) in [5.41, 5.74) is 10.3. The molecule has 2 aliphatic heterocycles. The molecule has 3 aromatic carbocycles. The van der Waals surface area contributed by atoms with E-state index in [1.165, 1.54) is 41.2 Å². The summed E-state index contributed by atoms with van der Waals surface area (Å²) in [4.78, 5) is 13.6. The third-order valence-corrected chi connectivity index (χ3v) is 12.9. The van der Waals surface area contributed by atoms with Crippen LogP contribution in [0.5, 0.6) is 5.75 Å². The van der Waals surface area contributed by atoms with E-state index in [1.54, 1.807) is 0 Å². The van der Waals surface area contributed by atoms with Gasteiger partial charge in [0.15, 0.2) is 5.71 Å². The highest BCUT2D eigenvalue weighted by Crippen LogP contribution is 2.51. The van der Waals surface area contributed by atoms with Gasteiger partial charge >= 0.3 is 5.97 Å². The second-order valence-electron chi connectivity index (χ2n) is 16.1. The van der Waals surface area contributed by atoms with Gasteiger partial charge < -0.3 is 19.3 Å². The maximum Gasteiger partial charge on any atom is 0.303 e. The van der Waals surface area contributed by atoms with Gasteiger partial charge in [-0.05, 0) is 118 Å². The maximum atomic E-state index is 11.9. The van der Waals surface area contributed by atoms with Crippen molar-refractivity contribution in [2.24, 2.45) is 0 Å². The topological polar surface area (TPSA) is 169 Å². The minimum absolute atomic E-state index is 0.0310. The number of hydrogen-bond acceptors (Lipinski definition) is 9. The number of nitrogens with zero attached hydrogens (tertiary/aromatic N) is 2. The van der Waals surface area contributed by atoms with Crippen molar-refractivity contribution in [2.75, 3.05) is 24.5 Å². The number of ether oxygens (including phenoxy) is 1. The lowest BCUT2D eigenvalue weighted by Crippen LogP contribution is -2.31. The lowest BCUT2D eigenvalue weighted by Gasteiger charge is -2.31. The second-order valence-corrected chi connectivity index (χ2v) is 18.1. The predicted octanol–water partition coefficient (Wildman–Crippen LogP) is 8.73. The Morgan fingerprint density at radius 2 is 1.68 bits per heavy atom. The average molecular weight is 858 g/mol. The summed E-state index contributed by atoms with van der Waals surface area (Å²) in [6.07, 6.45) is 14.6. The predicted molar refractivity (Wildman–Crippen MR) is 232 cm³/mol. The Bertz CT molecular complexity index is 2360. The van der Waals surface area contributed by atoms with Crippen LogP contribution in [-0.4, -0.2) is 62.7 Å². The lowest BCUT2D eigenvalue weighted by atomic mass is 9.77. The first-order chi connectivity index (χ1) is 28.6. The number of benzene rings is 3. The summed E-state index contributed by atoms with van der Waals surface area (Å²) in [6.45, 7) is 10.5. The highest BCUT2D eigenvalue weighted by atomic mass is 32.2. The number of carboxylic acid groups (broad SMARTS) is 1. The molecule has 3 aliphatic rings. The molecule has 0 aromatic heterocycles. The van der Waals surface area contributed by atoms with Gasteiger partial charge in [-0.25, -0.2) is 8.49 Å². The minimum atomic E-state index is -4.40. The molecular weight excluding hydrogens is 803 g/mol. The average Bonchev–Trinajstić information content (AvgIpc) is 3.57. The number of carbonyl (C=O) groups is 1. The molecule has 12 nitrogen and oxygen atoms in total. The van der Waals surface area contributed by atoms with Gasteiger partial charge in [0.25, 0.3) is 10.1 Å². The van der Waals surface area contributed by atoms with Crippen molar-refractivity contribution < 1.29 is 45.2 Å². The third-order valence-electron chi connectivity index (χ3n) is 11.7. The maximum absolute atomic E-state index is 11.9. The first-order valence-electron chi connectivity index (χ1n) is 20.6. The van der Waals surface area contributed by atoms with Gasteiger partial charge in [-0.2, -0.15) is 18.5 Å². The fraction of sp³-hybridized carbons (Fsp3) is 0.391. The Morgan fingerprint density at radius 3 is 2.38 bits per heavy atom. The van der Waals surface area contributed by atoms with Crippen LogP contribution in [0, 0.1) is 0 Å². The van der Waals surface area contributed by atoms with Crippen LogP contribution >= 0.6 is 0 Å². The molecular formula is C46H55N3O9S2. The van der Waals surface area contributed by atoms with Crippen molar-refractivity contribution in [1.29, 1.82) is 0 Å². The summed E-state index contributed by atoms with van der Waals surface area (Å²) in [6, 6.07) is 22.4. The Hall–Kier alpha value is -4.70. The molecule has 3 N–H and O–H groups in total. The molecule has 2 heterocycles. The van der Waals surface area contributed by atoms with Crippen LogP contribution in [0.3, 0.4) is 0 Å². The first kappa shape index (κ1) is 44.8. The van der Waals surface area contributed by atoms with Gasteiger partial charge in [-0.1, -0.05) is 55.8 Å². The molecule has 0 amide bonds. The number of fused-ring (bicyclic) bond motifs is 2. The molecule has 0 radical (unpaired) electrons. The Kier molecular flexibility index (Phi) is 14.5. The van der Waals surface area contributed by atoms with E-state index in [4.69, 9.17) is 4.74 Å². The number of hydroxylamine groups is 1. The number of hydrogen-bond donors (Lipinski definition) is 3. The summed E-state index contributed by atoms with van der Waals surface area (Å²) >= 11 is -2.69. The molecule has 60 heavy (non-hydrogen) atoms. The third kappa shape index (κ3) is 10.1. The zero-order chi connectivity index (χ0) is 43.1. The van der Waals surface area contributed by atoms with Gasteiger partial charge in [0, 0.05) is 60.4 Å². The van der Waals surface area contributed by atoms with Crippen LogP contribution in [0.4, 0.5) is 11.4 Å². The van der Waals surface area contributed by atoms with Gasteiger partial charge in [-0.3, -0.25) is 9.35 Å².